The molecule has 0 unspecified atom stereocenters. The highest BCUT2D eigenvalue weighted by Gasteiger charge is 2.20. The second-order valence-corrected chi connectivity index (χ2v) is 7.03. The average molecular weight is 378 g/mol. The van der Waals surface area contributed by atoms with E-state index in [0.29, 0.717) is 18.7 Å². The molecular weight excluding hydrogens is 355 g/mol. The van der Waals surface area contributed by atoms with Gasteiger partial charge in [-0.3, -0.25) is 9.48 Å². The minimum absolute atomic E-state index is 0.0589. The number of benzene rings is 2. The van der Waals surface area contributed by atoms with E-state index >= 15 is 0 Å². The van der Waals surface area contributed by atoms with Gasteiger partial charge in [0.2, 0.25) is 5.91 Å². The fourth-order valence-corrected chi connectivity index (χ4v) is 3.47. The van der Waals surface area contributed by atoms with Gasteiger partial charge in [0.25, 0.3) is 0 Å². The van der Waals surface area contributed by atoms with Crippen LogP contribution in [0, 0.1) is 12.7 Å². The minimum atomic E-state index is -0.236. The quantitative estimate of drug-likeness (QED) is 0.759. The van der Waals surface area contributed by atoms with Crippen LogP contribution in [0.3, 0.4) is 0 Å². The number of nitrogens with one attached hydrogen (secondary N) is 1. The number of halogens is 1. The fraction of sp³-hybridized carbons (Fsp3) is 0.273. The molecule has 1 fully saturated rings. The molecule has 5 nitrogen and oxygen atoms in total. The summed E-state index contributed by atoms with van der Waals surface area (Å²) in [5, 5.41) is 7.95. The summed E-state index contributed by atoms with van der Waals surface area (Å²) < 4.78 is 15.4. The van der Waals surface area contributed by atoms with Gasteiger partial charge in [-0.15, -0.1) is 0 Å². The number of nitrogens with zero attached hydrogens (tertiary/aromatic N) is 3. The maximum Gasteiger partial charge on any atom is 0.244 e. The Hall–Kier alpha value is -2.99. The van der Waals surface area contributed by atoms with Gasteiger partial charge in [-0.25, -0.2) is 4.39 Å². The largest absolute Gasteiger partial charge is 0.339 e. The molecule has 1 amide bonds. The first kappa shape index (κ1) is 18.4. The fourth-order valence-electron chi connectivity index (χ4n) is 3.47. The average Bonchev–Trinajstić information content (AvgIpc) is 3.15. The van der Waals surface area contributed by atoms with Crippen molar-refractivity contribution in [2.24, 2.45) is 0 Å². The molecule has 0 saturated carbocycles. The Morgan fingerprint density at radius 1 is 1.07 bits per heavy atom. The Labute approximate surface area is 163 Å². The lowest BCUT2D eigenvalue weighted by Crippen LogP contribution is -2.47. The van der Waals surface area contributed by atoms with E-state index in [-0.39, 0.29) is 18.3 Å². The molecule has 2 aromatic carbocycles. The third-order valence-electron chi connectivity index (χ3n) is 5.06. The molecule has 1 N–H and O–H groups in total. The molecule has 0 bridgehead atoms. The topological polar surface area (TPSA) is 50.2 Å². The van der Waals surface area contributed by atoms with Gasteiger partial charge in [0.1, 0.15) is 12.4 Å². The Morgan fingerprint density at radius 2 is 1.82 bits per heavy atom. The maximum absolute atomic E-state index is 13.7. The van der Waals surface area contributed by atoms with Crippen molar-refractivity contribution in [2.45, 2.75) is 13.5 Å². The predicted molar refractivity (Wildman–Crippen MR) is 107 cm³/mol. The minimum Gasteiger partial charge on any atom is -0.339 e. The first-order chi connectivity index (χ1) is 13.6. The third-order valence-corrected chi connectivity index (χ3v) is 5.06. The number of piperazine rings is 1. The maximum atomic E-state index is 13.7. The Balaban J connectivity index is 1.70. The van der Waals surface area contributed by atoms with Gasteiger partial charge in [-0.05, 0) is 42.3 Å². The van der Waals surface area contributed by atoms with Gasteiger partial charge in [-0.1, -0.05) is 30.3 Å². The molecule has 1 aliphatic rings. The molecular formula is C22H23FN4O. The van der Waals surface area contributed by atoms with E-state index in [0.717, 1.165) is 35.6 Å². The van der Waals surface area contributed by atoms with E-state index in [2.05, 4.69) is 5.32 Å². The highest BCUT2D eigenvalue weighted by molar-refractivity contribution is 5.78. The summed E-state index contributed by atoms with van der Waals surface area (Å²) >= 11 is 0. The summed E-state index contributed by atoms with van der Waals surface area (Å²) in [6.45, 7) is 4.98. The number of carbonyl (C=O) groups is 1. The van der Waals surface area contributed by atoms with Gasteiger partial charge in [0.05, 0.1) is 11.4 Å². The SMILES string of the molecule is Cc1cc(-c2cc(-c3ccccc3)n(CC(=O)N3CCNCC3)n2)ccc1F. The normalized spacial score (nSPS) is 14.3. The van der Waals surface area contributed by atoms with Gasteiger partial charge >= 0.3 is 0 Å². The zero-order valence-electron chi connectivity index (χ0n) is 15.9. The molecule has 0 atom stereocenters. The van der Waals surface area contributed by atoms with E-state index in [4.69, 9.17) is 5.10 Å². The molecule has 4 rings (SSSR count). The van der Waals surface area contributed by atoms with Crippen molar-refractivity contribution >= 4 is 5.91 Å². The molecule has 0 spiro atoms. The van der Waals surface area contributed by atoms with Crippen LogP contribution in [0.1, 0.15) is 5.56 Å². The van der Waals surface area contributed by atoms with Crippen LogP contribution in [0.5, 0.6) is 0 Å². The number of amides is 1. The summed E-state index contributed by atoms with van der Waals surface area (Å²) in [6, 6.07) is 16.8. The van der Waals surface area contributed by atoms with Crippen LogP contribution < -0.4 is 5.32 Å². The van der Waals surface area contributed by atoms with Crippen LogP contribution in [0.2, 0.25) is 0 Å². The van der Waals surface area contributed by atoms with Gasteiger partial charge in [-0.2, -0.15) is 5.10 Å². The number of rotatable bonds is 4. The van der Waals surface area contributed by atoms with E-state index < -0.39 is 0 Å². The van der Waals surface area contributed by atoms with Crippen LogP contribution in [-0.2, 0) is 11.3 Å². The molecule has 0 radical (unpaired) electrons. The number of carbonyl (C=O) groups excluding carboxylic acids is 1. The van der Waals surface area contributed by atoms with Crippen molar-refractivity contribution in [1.82, 2.24) is 20.0 Å². The van der Waals surface area contributed by atoms with Crippen LogP contribution >= 0.6 is 0 Å². The van der Waals surface area contributed by atoms with Crippen molar-refractivity contribution in [3.05, 3.63) is 66.0 Å². The van der Waals surface area contributed by atoms with Crippen molar-refractivity contribution in [1.29, 1.82) is 0 Å². The van der Waals surface area contributed by atoms with E-state index in [1.54, 1.807) is 23.7 Å². The van der Waals surface area contributed by atoms with Crippen molar-refractivity contribution in [3.8, 4) is 22.5 Å². The standard InChI is InChI=1S/C22H23FN4O/c1-16-13-18(7-8-19(16)23)20-14-21(17-5-3-2-4-6-17)27(25-20)15-22(28)26-11-9-24-10-12-26/h2-8,13-14,24H,9-12,15H2,1H3. The van der Waals surface area contributed by atoms with Gasteiger partial charge in [0, 0.05) is 31.7 Å². The van der Waals surface area contributed by atoms with Crippen LogP contribution in [0.25, 0.3) is 22.5 Å². The summed E-state index contributed by atoms with van der Waals surface area (Å²) in [4.78, 5) is 14.7. The first-order valence-electron chi connectivity index (χ1n) is 9.50. The second-order valence-electron chi connectivity index (χ2n) is 7.03. The Morgan fingerprint density at radius 3 is 2.54 bits per heavy atom. The molecule has 3 aromatic rings. The highest BCUT2D eigenvalue weighted by atomic mass is 19.1. The van der Waals surface area contributed by atoms with Crippen molar-refractivity contribution in [2.75, 3.05) is 26.2 Å². The lowest BCUT2D eigenvalue weighted by Gasteiger charge is -2.27. The first-order valence-corrected chi connectivity index (χ1v) is 9.50. The van der Waals surface area contributed by atoms with E-state index in [1.807, 2.05) is 41.3 Å². The summed E-state index contributed by atoms with van der Waals surface area (Å²) in [6.07, 6.45) is 0. The van der Waals surface area contributed by atoms with Crippen LogP contribution in [0.4, 0.5) is 4.39 Å². The lowest BCUT2D eigenvalue weighted by molar-refractivity contribution is -0.132. The van der Waals surface area contributed by atoms with Gasteiger partial charge < -0.3 is 10.2 Å². The molecule has 1 aliphatic heterocycles. The number of aryl methyl sites for hydroxylation is 1. The van der Waals surface area contributed by atoms with Crippen LogP contribution in [0.15, 0.2) is 54.6 Å². The zero-order valence-corrected chi connectivity index (χ0v) is 15.9. The molecule has 0 aliphatic carbocycles. The molecule has 2 heterocycles. The summed E-state index contributed by atoms with van der Waals surface area (Å²) in [5.41, 5.74) is 4.01. The summed E-state index contributed by atoms with van der Waals surface area (Å²) in [7, 11) is 0. The van der Waals surface area contributed by atoms with Crippen LogP contribution in [-0.4, -0.2) is 46.8 Å². The second kappa shape index (κ2) is 7.94. The Bertz CT molecular complexity index is 977. The number of hydrogen-bond acceptors (Lipinski definition) is 3. The monoisotopic (exact) mass is 378 g/mol. The lowest BCUT2D eigenvalue weighted by atomic mass is 10.1. The third kappa shape index (κ3) is 3.82. The molecule has 1 aromatic heterocycles. The van der Waals surface area contributed by atoms with Crippen molar-refractivity contribution < 1.29 is 9.18 Å². The van der Waals surface area contributed by atoms with E-state index in [1.165, 1.54) is 6.07 Å². The van der Waals surface area contributed by atoms with Crippen molar-refractivity contribution in [3.63, 3.8) is 0 Å². The Kier molecular flexibility index (Phi) is 5.21. The number of hydrogen-bond donors (Lipinski definition) is 1. The van der Waals surface area contributed by atoms with E-state index in [9.17, 15) is 9.18 Å². The number of aromatic nitrogens is 2. The van der Waals surface area contributed by atoms with Gasteiger partial charge in [0.15, 0.2) is 0 Å². The summed E-state index contributed by atoms with van der Waals surface area (Å²) in [5.74, 6) is -0.177. The molecule has 28 heavy (non-hydrogen) atoms. The molecule has 144 valence electrons. The predicted octanol–water partition coefficient (Wildman–Crippen LogP) is 3.10. The smallest absolute Gasteiger partial charge is 0.244 e. The molecule has 1 saturated heterocycles. The molecule has 6 heteroatoms. The zero-order chi connectivity index (χ0) is 19.5. The highest BCUT2D eigenvalue weighted by Crippen LogP contribution is 2.27.